The van der Waals surface area contributed by atoms with Crippen molar-refractivity contribution in [3.63, 3.8) is 0 Å². The van der Waals surface area contributed by atoms with Gasteiger partial charge in [0.05, 0.1) is 23.1 Å². The number of hydrogen-bond donors (Lipinski definition) is 1. The van der Waals surface area contributed by atoms with E-state index >= 15 is 0 Å². The van der Waals surface area contributed by atoms with Gasteiger partial charge in [0, 0.05) is 30.9 Å². The molecule has 1 aliphatic rings. The highest BCUT2D eigenvalue weighted by atomic mass is 16.6. The number of nitro groups is 2. The average Bonchev–Trinajstić information content (AvgIpc) is 2.62. The molecule has 2 heterocycles. The van der Waals surface area contributed by atoms with E-state index in [0.29, 0.717) is 37.9 Å². The van der Waals surface area contributed by atoms with E-state index in [1.165, 1.54) is 24.3 Å². The van der Waals surface area contributed by atoms with E-state index in [4.69, 9.17) is 4.74 Å². The summed E-state index contributed by atoms with van der Waals surface area (Å²) in [6.07, 6.45) is 0. The number of rotatable bonds is 5. The van der Waals surface area contributed by atoms with Gasteiger partial charge in [-0.25, -0.2) is 4.98 Å². The van der Waals surface area contributed by atoms with Crippen LogP contribution in [0.1, 0.15) is 5.69 Å². The Kier molecular flexibility index (Phi) is 4.89. The molecule has 0 atom stereocenters. The van der Waals surface area contributed by atoms with E-state index < -0.39 is 9.85 Å². The van der Waals surface area contributed by atoms with Gasteiger partial charge >= 0.3 is 5.69 Å². The zero-order valence-electron chi connectivity index (χ0n) is 13.9. The molecule has 1 fully saturated rings. The lowest BCUT2D eigenvalue weighted by Gasteiger charge is -2.27. The van der Waals surface area contributed by atoms with Crippen molar-refractivity contribution in [2.24, 2.45) is 0 Å². The number of nitrogens with one attached hydrogen (secondary N) is 1. The zero-order chi connectivity index (χ0) is 18.7. The fraction of sp³-hybridized carbons (Fsp3) is 0.333. The smallest absolute Gasteiger partial charge is 0.332 e. The van der Waals surface area contributed by atoms with Crippen LogP contribution in [0.5, 0.6) is 0 Å². The Morgan fingerprint density at radius 3 is 2.31 bits per heavy atom. The summed E-state index contributed by atoms with van der Waals surface area (Å²) in [5.74, 6) is 0.415. The zero-order valence-corrected chi connectivity index (χ0v) is 13.9. The van der Waals surface area contributed by atoms with Crippen LogP contribution in [-0.4, -0.2) is 46.1 Å². The largest absolute Gasteiger partial charge is 0.378 e. The molecule has 0 saturated carbocycles. The molecule has 0 radical (unpaired) electrons. The van der Waals surface area contributed by atoms with Gasteiger partial charge < -0.3 is 15.0 Å². The van der Waals surface area contributed by atoms with Gasteiger partial charge in [0.15, 0.2) is 0 Å². The number of aromatic nitrogens is 2. The van der Waals surface area contributed by atoms with Gasteiger partial charge in [-0.1, -0.05) is 0 Å². The summed E-state index contributed by atoms with van der Waals surface area (Å²) in [5, 5.41) is 25.0. The van der Waals surface area contributed by atoms with Crippen LogP contribution in [0, 0.1) is 27.2 Å². The SMILES string of the molecule is Cc1nc(N2CCOCC2)nc(Nc2ccc([N+](=O)[O-])cc2)c1[N+](=O)[O-]. The van der Waals surface area contributed by atoms with Crippen LogP contribution >= 0.6 is 0 Å². The molecule has 1 saturated heterocycles. The third kappa shape index (κ3) is 3.67. The summed E-state index contributed by atoms with van der Waals surface area (Å²) in [5.41, 5.74) is 0.374. The minimum Gasteiger partial charge on any atom is -0.378 e. The second-order valence-corrected chi connectivity index (χ2v) is 5.59. The Hall–Kier alpha value is -3.34. The van der Waals surface area contributed by atoms with Gasteiger partial charge in [-0.3, -0.25) is 20.2 Å². The molecule has 0 spiro atoms. The number of non-ortho nitro benzene ring substituents is 1. The van der Waals surface area contributed by atoms with Gasteiger partial charge in [-0.05, 0) is 19.1 Å². The Balaban J connectivity index is 1.95. The third-order valence-corrected chi connectivity index (χ3v) is 3.86. The molecule has 1 aliphatic heterocycles. The molecule has 136 valence electrons. The summed E-state index contributed by atoms with van der Waals surface area (Å²) in [6, 6.07) is 5.55. The van der Waals surface area contributed by atoms with Crippen molar-refractivity contribution < 1.29 is 14.6 Å². The fourth-order valence-electron chi connectivity index (χ4n) is 2.57. The van der Waals surface area contributed by atoms with Crippen molar-refractivity contribution in [1.82, 2.24) is 9.97 Å². The number of anilines is 3. The number of aryl methyl sites for hydroxylation is 1. The lowest BCUT2D eigenvalue weighted by Crippen LogP contribution is -2.37. The van der Waals surface area contributed by atoms with Crippen LogP contribution in [0.3, 0.4) is 0 Å². The summed E-state index contributed by atoms with van der Waals surface area (Å²) in [6.45, 7) is 3.79. The first kappa shape index (κ1) is 17.5. The Morgan fingerprint density at radius 2 is 1.73 bits per heavy atom. The van der Waals surface area contributed by atoms with Crippen LogP contribution in [0.2, 0.25) is 0 Å². The minimum atomic E-state index is -0.549. The number of nitro benzene ring substituents is 1. The summed E-state index contributed by atoms with van der Waals surface area (Å²) < 4.78 is 5.29. The van der Waals surface area contributed by atoms with E-state index in [0.717, 1.165) is 0 Å². The normalized spacial score (nSPS) is 14.1. The first-order chi connectivity index (χ1) is 12.5. The molecular formula is C15H16N6O5. The predicted octanol–water partition coefficient (Wildman–Crippen LogP) is 2.18. The highest BCUT2D eigenvalue weighted by Gasteiger charge is 2.25. The lowest BCUT2D eigenvalue weighted by atomic mass is 10.2. The maximum atomic E-state index is 11.4. The van der Waals surface area contributed by atoms with E-state index in [1.807, 2.05) is 4.90 Å². The summed E-state index contributed by atoms with van der Waals surface area (Å²) >= 11 is 0. The Morgan fingerprint density at radius 1 is 1.08 bits per heavy atom. The molecule has 1 aromatic carbocycles. The molecule has 0 amide bonds. The fourth-order valence-corrected chi connectivity index (χ4v) is 2.57. The first-order valence-corrected chi connectivity index (χ1v) is 7.83. The van der Waals surface area contributed by atoms with Crippen LogP contribution in [0.4, 0.5) is 28.8 Å². The Bertz CT molecular complexity index is 835. The number of nitrogens with zero attached hydrogens (tertiary/aromatic N) is 5. The molecule has 11 heteroatoms. The second kappa shape index (κ2) is 7.27. The van der Waals surface area contributed by atoms with Crippen LogP contribution in [0.15, 0.2) is 24.3 Å². The summed E-state index contributed by atoms with van der Waals surface area (Å²) in [7, 11) is 0. The first-order valence-electron chi connectivity index (χ1n) is 7.83. The van der Waals surface area contributed by atoms with Crippen molar-refractivity contribution in [2.45, 2.75) is 6.92 Å². The molecule has 0 unspecified atom stereocenters. The molecule has 26 heavy (non-hydrogen) atoms. The molecule has 3 rings (SSSR count). The minimum absolute atomic E-state index is 0.0397. The van der Waals surface area contributed by atoms with Crippen molar-refractivity contribution in [1.29, 1.82) is 0 Å². The van der Waals surface area contributed by atoms with Crippen molar-refractivity contribution in [2.75, 3.05) is 36.5 Å². The van der Waals surface area contributed by atoms with E-state index in [-0.39, 0.29) is 22.9 Å². The van der Waals surface area contributed by atoms with Crippen molar-refractivity contribution in [3.8, 4) is 0 Å². The van der Waals surface area contributed by atoms with Gasteiger partial charge in [-0.15, -0.1) is 0 Å². The van der Waals surface area contributed by atoms with E-state index in [1.54, 1.807) is 6.92 Å². The molecule has 11 nitrogen and oxygen atoms in total. The van der Waals surface area contributed by atoms with Crippen LogP contribution < -0.4 is 10.2 Å². The van der Waals surface area contributed by atoms with Crippen molar-refractivity contribution in [3.05, 3.63) is 50.2 Å². The number of ether oxygens (including phenoxy) is 1. The molecule has 1 aromatic heterocycles. The van der Waals surface area contributed by atoms with Gasteiger partial charge in [0.25, 0.3) is 5.69 Å². The predicted molar refractivity (Wildman–Crippen MR) is 92.8 cm³/mol. The average molecular weight is 360 g/mol. The van der Waals surface area contributed by atoms with Gasteiger partial charge in [0.2, 0.25) is 11.8 Å². The number of benzene rings is 1. The summed E-state index contributed by atoms with van der Waals surface area (Å²) in [4.78, 5) is 31.5. The molecule has 1 N–H and O–H groups in total. The molecule has 0 aliphatic carbocycles. The lowest BCUT2D eigenvalue weighted by molar-refractivity contribution is -0.385. The topological polar surface area (TPSA) is 137 Å². The molecule has 2 aromatic rings. The highest BCUT2D eigenvalue weighted by Crippen LogP contribution is 2.30. The molecular weight excluding hydrogens is 344 g/mol. The maximum Gasteiger partial charge on any atom is 0.332 e. The van der Waals surface area contributed by atoms with Gasteiger partial charge in [0.1, 0.15) is 5.69 Å². The standard InChI is InChI=1S/C15H16N6O5/c1-10-13(21(24)25)14(17-11-2-4-12(5-3-11)20(22)23)18-15(16-10)19-6-8-26-9-7-19/h2-5H,6-9H2,1H3,(H,16,17,18). The van der Waals surface area contributed by atoms with Crippen LogP contribution in [-0.2, 0) is 4.74 Å². The monoisotopic (exact) mass is 360 g/mol. The number of hydrogen-bond acceptors (Lipinski definition) is 9. The van der Waals surface area contributed by atoms with Crippen molar-refractivity contribution >= 4 is 28.8 Å². The Labute approximate surface area is 147 Å². The van der Waals surface area contributed by atoms with Crippen LogP contribution in [0.25, 0.3) is 0 Å². The van der Waals surface area contributed by atoms with Gasteiger partial charge in [-0.2, -0.15) is 4.98 Å². The quantitative estimate of drug-likeness (QED) is 0.628. The third-order valence-electron chi connectivity index (χ3n) is 3.86. The highest BCUT2D eigenvalue weighted by molar-refractivity contribution is 5.69. The van der Waals surface area contributed by atoms with E-state index in [9.17, 15) is 20.2 Å². The number of morpholine rings is 1. The maximum absolute atomic E-state index is 11.4. The van der Waals surface area contributed by atoms with E-state index in [2.05, 4.69) is 15.3 Å². The molecule has 0 bridgehead atoms. The second-order valence-electron chi connectivity index (χ2n) is 5.59.